The second-order valence-corrected chi connectivity index (χ2v) is 8.01. The highest BCUT2D eigenvalue weighted by molar-refractivity contribution is 7.90. The van der Waals surface area contributed by atoms with E-state index >= 15 is 0 Å². The van der Waals surface area contributed by atoms with Gasteiger partial charge in [0.2, 0.25) is 15.7 Å². The van der Waals surface area contributed by atoms with E-state index in [2.05, 4.69) is 15.5 Å². The number of carbonyl (C=O) groups is 1. The van der Waals surface area contributed by atoms with Crippen LogP contribution in [0.4, 0.5) is 0 Å². The number of amides is 1. The fraction of sp³-hybridized carbons (Fsp3) is 0.471. The molecule has 0 aliphatic rings. The monoisotopic (exact) mass is 397 g/mol. The molecule has 10 heteroatoms. The first-order valence-corrected chi connectivity index (χ1v) is 10.2. The number of benzene rings is 1. The van der Waals surface area contributed by atoms with Crippen molar-refractivity contribution in [3.05, 3.63) is 29.7 Å². The van der Waals surface area contributed by atoms with Crippen LogP contribution in [0.1, 0.15) is 42.6 Å². The third-order valence-corrected chi connectivity index (χ3v) is 4.92. The number of carbonyl (C=O) groups excluding carboxylic acids is 1. The molecular formula is C17H23N3O6S. The molecule has 1 aromatic heterocycles. The molecule has 0 radical (unpaired) electrons. The highest BCUT2D eigenvalue weighted by Gasteiger charge is 2.28. The largest absolute Gasteiger partial charge is 0.497 e. The smallest absolute Gasteiger partial charge is 0.335 e. The number of nitrogens with zero attached hydrogens (tertiary/aromatic N) is 2. The van der Waals surface area contributed by atoms with Gasteiger partial charge in [0.15, 0.2) is 0 Å². The van der Waals surface area contributed by atoms with Crippen LogP contribution in [0.5, 0.6) is 11.5 Å². The average molecular weight is 397 g/mol. The molecule has 0 unspecified atom stereocenters. The summed E-state index contributed by atoms with van der Waals surface area (Å²) in [7, 11) is -0.653. The first kappa shape index (κ1) is 20.7. The Bertz CT molecular complexity index is 887. The number of sulfone groups is 1. The van der Waals surface area contributed by atoms with Gasteiger partial charge in [0.1, 0.15) is 17.5 Å². The van der Waals surface area contributed by atoms with E-state index in [1.54, 1.807) is 18.2 Å². The average Bonchev–Trinajstić information content (AvgIpc) is 3.15. The maximum Gasteiger partial charge on any atom is 0.335 e. The van der Waals surface area contributed by atoms with Crippen LogP contribution in [0.25, 0.3) is 0 Å². The van der Waals surface area contributed by atoms with Gasteiger partial charge in [-0.3, -0.25) is 4.79 Å². The van der Waals surface area contributed by atoms with Crippen molar-refractivity contribution in [2.45, 2.75) is 31.5 Å². The van der Waals surface area contributed by atoms with Gasteiger partial charge in [0.05, 0.1) is 14.2 Å². The molecule has 0 fully saturated rings. The zero-order chi connectivity index (χ0) is 20.2. The maximum atomic E-state index is 12.8. The maximum absolute atomic E-state index is 12.8. The van der Waals surface area contributed by atoms with E-state index in [0.29, 0.717) is 23.5 Å². The predicted molar refractivity (Wildman–Crippen MR) is 96.6 cm³/mol. The summed E-state index contributed by atoms with van der Waals surface area (Å²) in [6.07, 6.45) is 1.67. The minimum absolute atomic E-state index is 0.0352. The molecule has 2 rings (SSSR count). The fourth-order valence-corrected chi connectivity index (χ4v) is 2.77. The molecular weight excluding hydrogens is 374 g/mol. The van der Waals surface area contributed by atoms with Gasteiger partial charge in [-0.05, 0) is 18.1 Å². The Kier molecular flexibility index (Phi) is 6.42. The highest BCUT2D eigenvalue weighted by Crippen LogP contribution is 2.27. The van der Waals surface area contributed by atoms with Crippen molar-refractivity contribution in [3.63, 3.8) is 0 Å². The predicted octanol–water partition coefficient (Wildman–Crippen LogP) is 2.01. The molecule has 148 valence electrons. The SMILES string of the molecule is CC[C@@H](C)[C@H](NC(=O)c1cc(OC)cc(OC)c1)c1nnc(S(C)(=O)=O)o1. The van der Waals surface area contributed by atoms with Gasteiger partial charge in [-0.25, -0.2) is 8.42 Å². The summed E-state index contributed by atoms with van der Waals surface area (Å²) >= 11 is 0. The minimum atomic E-state index is -3.63. The summed E-state index contributed by atoms with van der Waals surface area (Å²) in [5.74, 6) is 0.493. The number of aromatic nitrogens is 2. The number of nitrogens with one attached hydrogen (secondary N) is 1. The third kappa shape index (κ3) is 4.97. The molecule has 0 aliphatic heterocycles. The number of ether oxygens (including phenoxy) is 2. The number of hydrogen-bond acceptors (Lipinski definition) is 8. The zero-order valence-electron chi connectivity index (χ0n) is 15.8. The normalized spacial score (nSPS) is 13.7. The van der Waals surface area contributed by atoms with E-state index in [1.165, 1.54) is 14.2 Å². The Morgan fingerprint density at radius 2 is 1.78 bits per heavy atom. The van der Waals surface area contributed by atoms with Crippen LogP contribution >= 0.6 is 0 Å². The van der Waals surface area contributed by atoms with Crippen molar-refractivity contribution in [1.29, 1.82) is 0 Å². The molecule has 2 aromatic rings. The summed E-state index contributed by atoms with van der Waals surface area (Å²) < 4.78 is 38.8. The quantitative estimate of drug-likeness (QED) is 0.718. The lowest BCUT2D eigenvalue weighted by atomic mass is 9.98. The van der Waals surface area contributed by atoms with Gasteiger partial charge in [0.25, 0.3) is 5.91 Å². The van der Waals surface area contributed by atoms with Crippen molar-refractivity contribution in [2.24, 2.45) is 5.92 Å². The summed E-state index contributed by atoms with van der Waals surface area (Å²) in [6.45, 7) is 3.83. The Labute approximate surface area is 158 Å². The molecule has 1 heterocycles. The number of methoxy groups -OCH3 is 2. The molecule has 0 bridgehead atoms. The molecule has 2 atom stereocenters. The first-order chi connectivity index (χ1) is 12.7. The molecule has 0 saturated heterocycles. The lowest BCUT2D eigenvalue weighted by Crippen LogP contribution is -2.32. The Balaban J connectivity index is 2.34. The van der Waals surface area contributed by atoms with E-state index in [-0.39, 0.29) is 11.8 Å². The summed E-state index contributed by atoms with van der Waals surface area (Å²) in [5.41, 5.74) is 0.322. The topological polar surface area (TPSA) is 121 Å². The Morgan fingerprint density at radius 3 is 2.22 bits per heavy atom. The molecule has 1 N–H and O–H groups in total. The third-order valence-electron chi connectivity index (χ3n) is 4.12. The van der Waals surface area contributed by atoms with Gasteiger partial charge in [-0.1, -0.05) is 25.4 Å². The van der Waals surface area contributed by atoms with Crippen molar-refractivity contribution in [2.75, 3.05) is 20.5 Å². The molecule has 1 amide bonds. The fourth-order valence-electron chi connectivity index (χ4n) is 2.34. The van der Waals surface area contributed by atoms with Crippen molar-refractivity contribution in [3.8, 4) is 11.5 Å². The highest BCUT2D eigenvalue weighted by atomic mass is 32.2. The van der Waals surface area contributed by atoms with Crippen LogP contribution in [0, 0.1) is 5.92 Å². The van der Waals surface area contributed by atoms with Crippen molar-refractivity contribution in [1.82, 2.24) is 15.5 Å². The Hall–Kier alpha value is -2.62. The minimum Gasteiger partial charge on any atom is -0.497 e. The Morgan fingerprint density at radius 1 is 1.19 bits per heavy atom. The van der Waals surface area contributed by atoms with Gasteiger partial charge >= 0.3 is 5.22 Å². The molecule has 1 aromatic carbocycles. The second kappa shape index (κ2) is 8.38. The lowest BCUT2D eigenvalue weighted by Gasteiger charge is -2.21. The van der Waals surface area contributed by atoms with Gasteiger partial charge in [0, 0.05) is 17.9 Å². The second-order valence-electron chi connectivity index (χ2n) is 6.12. The van der Waals surface area contributed by atoms with E-state index in [1.807, 2.05) is 13.8 Å². The van der Waals surface area contributed by atoms with E-state index < -0.39 is 27.0 Å². The van der Waals surface area contributed by atoms with Crippen LogP contribution < -0.4 is 14.8 Å². The summed E-state index contributed by atoms with van der Waals surface area (Å²) in [6, 6.07) is 4.14. The van der Waals surface area contributed by atoms with Gasteiger partial charge in [-0.15, -0.1) is 5.10 Å². The standard InChI is InChI=1S/C17H23N3O6S/c1-6-10(2)14(16-19-20-17(26-16)27(5,22)23)18-15(21)11-7-12(24-3)9-13(8-11)25-4/h7-10,14H,6H2,1-5H3,(H,18,21)/t10-,14+/m1/s1. The van der Waals surface area contributed by atoms with Crippen molar-refractivity contribution >= 4 is 15.7 Å². The first-order valence-electron chi connectivity index (χ1n) is 8.27. The zero-order valence-corrected chi connectivity index (χ0v) is 16.7. The lowest BCUT2D eigenvalue weighted by molar-refractivity contribution is 0.0910. The van der Waals surface area contributed by atoms with Crippen molar-refractivity contribution < 1.29 is 27.1 Å². The molecule has 0 saturated carbocycles. The number of rotatable bonds is 8. The molecule has 0 aliphatic carbocycles. The van der Waals surface area contributed by atoms with Crippen LogP contribution in [-0.2, 0) is 9.84 Å². The van der Waals surface area contributed by atoms with Crippen LogP contribution in [-0.4, -0.2) is 45.0 Å². The molecule has 27 heavy (non-hydrogen) atoms. The van der Waals surface area contributed by atoms with Crippen LogP contribution in [0.15, 0.2) is 27.8 Å². The van der Waals surface area contributed by atoms with Crippen LogP contribution in [0.2, 0.25) is 0 Å². The van der Waals surface area contributed by atoms with Crippen LogP contribution in [0.3, 0.4) is 0 Å². The number of hydrogen-bond donors (Lipinski definition) is 1. The molecule has 9 nitrogen and oxygen atoms in total. The molecule has 0 spiro atoms. The van der Waals surface area contributed by atoms with Gasteiger partial charge < -0.3 is 19.2 Å². The van der Waals surface area contributed by atoms with E-state index in [0.717, 1.165) is 6.26 Å². The van der Waals surface area contributed by atoms with Gasteiger partial charge in [-0.2, -0.15) is 0 Å². The summed E-state index contributed by atoms with van der Waals surface area (Å²) in [5, 5.41) is 9.71. The van der Waals surface area contributed by atoms with E-state index in [9.17, 15) is 13.2 Å². The summed E-state index contributed by atoms with van der Waals surface area (Å²) in [4.78, 5) is 12.8. The van der Waals surface area contributed by atoms with E-state index in [4.69, 9.17) is 13.9 Å².